The Kier molecular flexibility index (Phi) is 4.19. The van der Waals surface area contributed by atoms with Gasteiger partial charge in [-0.2, -0.15) is 12.6 Å². The van der Waals surface area contributed by atoms with Crippen molar-refractivity contribution in [3.05, 3.63) is 0 Å². The van der Waals surface area contributed by atoms with E-state index in [4.69, 9.17) is 12.6 Å². The molecule has 2 aliphatic carbocycles. The predicted octanol–water partition coefficient (Wildman–Crippen LogP) is 4.27. The van der Waals surface area contributed by atoms with Crippen LogP contribution >= 0.6 is 12.6 Å². The summed E-state index contributed by atoms with van der Waals surface area (Å²) < 4.78 is 0.131. The van der Waals surface area contributed by atoms with Crippen LogP contribution < -0.4 is 0 Å². The van der Waals surface area contributed by atoms with Gasteiger partial charge >= 0.3 is 0 Å². The third-order valence-electron chi connectivity index (χ3n) is 6.90. The molecule has 3 rings (SSSR count). The van der Waals surface area contributed by atoms with E-state index >= 15 is 0 Å². The molecule has 1 heterocycles. The first-order chi connectivity index (χ1) is 10.1. The minimum Gasteiger partial charge on any atom is -0.390 e. The van der Waals surface area contributed by atoms with Crippen molar-refractivity contribution < 1.29 is 5.11 Å². The van der Waals surface area contributed by atoms with Crippen LogP contribution in [-0.4, -0.2) is 39.0 Å². The van der Waals surface area contributed by atoms with Crippen LogP contribution in [0.3, 0.4) is 0 Å². The Bertz CT molecular complexity index is 430. The maximum absolute atomic E-state index is 10.6. The molecule has 4 atom stereocenters. The molecule has 1 N–H and O–H groups in total. The molecule has 22 heavy (non-hydrogen) atoms. The molecule has 2 nitrogen and oxygen atoms in total. The van der Waals surface area contributed by atoms with Gasteiger partial charge in [0.15, 0.2) is 0 Å². The quantitative estimate of drug-likeness (QED) is 0.703. The van der Waals surface area contributed by atoms with Gasteiger partial charge in [0.2, 0.25) is 0 Å². The Morgan fingerprint density at radius 1 is 1.05 bits per heavy atom. The van der Waals surface area contributed by atoms with Crippen LogP contribution in [0.5, 0.6) is 0 Å². The van der Waals surface area contributed by atoms with Crippen molar-refractivity contribution in [2.24, 2.45) is 11.3 Å². The fourth-order valence-corrected chi connectivity index (χ4v) is 5.65. The van der Waals surface area contributed by atoms with Gasteiger partial charge in [-0.3, -0.25) is 4.90 Å². The molecule has 128 valence electrons. The lowest BCUT2D eigenvalue weighted by Crippen LogP contribution is -2.45. The van der Waals surface area contributed by atoms with E-state index in [9.17, 15) is 5.11 Å². The van der Waals surface area contributed by atoms with Crippen molar-refractivity contribution >= 4 is 12.6 Å². The van der Waals surface area contributed by atoms with Gasteiger partial charge in [-0.1, -0.05) is 19.3 Å². The van der Waals surface area contributed by atoms with Crippen LogP contribution in [0.4, 0.5) is 0 Å². The fourth-order valence-electron chi connectivity index (χ4n) is 5.04. The summed E-state index contributed by atoms with van der Waals surface area (Å²) in [6.45, 7) is 11.5. The number of piperidine rings is 1. The highest BCUT2D eigenvalue weighted by Crippen LogP contribution is 2.69. The summed E-state index contributed by atoms with van der Waals surface area (Å²) in [5, 5.41) is 10.6. The fraction of sp³-hybridized carbons (Fsp3) is 1.00. The van der Waals surface area contributed by atoms with E-state index in [1.165, 1.54) is 45.2 Å². The normalized spacial score (nSPS) is 47.5. The molecule has 0 radical (unpaired) electrons. The largest absolute Gasteiger partial charge is 0.390 e. The van der Waals surface area contributed by atoms with E-state index in [-0.39, 0.29) is 10.3 Å². The van der Waals surface area contributed by atoms with Gasteiger partial charge in [0.05, 0.1) is 5.60 Å². The van der Waals surface area contributed by atoms with Crippen LogP contribution in [-0.2, 0) is 0 Å². The molecule has 3 heteroatoms. The second-order valence-corrected chi connectivity index (χ2v) is 10.6. The van der Waals surface area contributed by atoms with Gasteiger partial charge in [-0.25, -0.2) is 0 Å². The molecule has 0 aromatic carbocycles. The number of likely N-dealkylation sites (tertiary alicyclic amines) is 1. The average molecular weight is 326 g/mol. The molecule has 2 saturated carbocycles. The van der Waals surface area contributed by atoms with Gasteiger partial charge in [0, 0.05) is 28.8 Å². The number of nitrogens with zero attached hydrogens (tertiary/aromatic N) is 1. The van der Waals surface area contributed by atoms with Crippen molar-refractivity contribution in [2.45, 2.75) is 94.9 Å². The first-order valence-corrected chi connectivity index (χ1v) is 9.73. The third-order valence-corrected chi connectivity index (χ3v) is 7.80. The minimum atomic E-state index is -0.484. The number of rotatable bonds is 1. The zero-order valence-corrected chi connectivity index (χ0v) is 15.9. The summed E-state index contributed by atoms with van der Waals surface area (Å²) in [7, 11) is 0. The Morgan fingerprint density at radius 3 is 2.36 bits per heavy atom. The average Bonchev–Trinajstić information content (AvgIpc) is 2.95. The van der Waals surface area contributed by atoms with Crippen molar-refractivity contribution in [3.63, 3.8) is 0 Å². The smallest absolute Gasteiger partial charge is 0.0620 e. The minimum absolute atomic E-state index is 0.131. The Labute approximate surface area is 142 Å². The van der Waals surface area contributed by atoms with Crippen molar-refractivity contribution in [1.29, 1.82) is 0 Å². The van der Waals surface area contributed by atoms with Gasteiger partial charge in [0.1, 0.15) is 0 Å². The van der Waals surface area contributed by atoms with Crippen LogP contribution in [0.1, 0.15) is 79.1 Å². The lowest BCUT2D eigenvalue weighted by atomic mass is 9.78. The standard InChI is InChI=1S/C19H35NOS/c1-16(2,3)20-13-15-12-18(15,14-20)19(22)9-7-5-6-8-17(4,21)10-11-19/h15,21-22H,5-14H2,1-4H3. The molecular weight excluding hydrogens is 290 g/mol. The van der Waals surface area contributed by atoms with E-state index in [0.29, 0.717) is 5.41 Å². The van der Waals surface area contributed by atoms with Crippen LogP contribution in [0.2, 0.25) is 0 Å². The molecule has 1 aliphatic heterocycles. The molecule has 0 amide bonds. The molecule has 1 saturated heterocycles. The van der Waals surface area contributed by atoms with Crippen molar-refractivity contribution in [2.75, 3.05) is 13.1 Å². The van der Waals surface area contributed by atoms with Crippen LogP contribution in [0, 0.1) is 11.3 Å². The first kappa shape index (κ1) is 17.1. The highest BCUT2D eigenvalue weighted by Gasteiger charge is 2.69. The highest BCUT2D eigenvalue weighted by molar-refractivity contribution is 7.81. The lowest BCUT2D eigenvalue weighted by molar-refractivity contribution is 0.0332. The number of hydrogen-bond donors (Lipinski definition) is 2. The van der Waals surface area contributed by atoms with E-state index in [2.05, 4.69) is 25.7 Å². The highest BCUT2D eigenvalue weighted by atomic mass is 32.1. The molecule has 0 aromatic heterocycles. The molecule has 3 aliphatic rings. The number of hydrogen-bond acceptors (Lipinski definition) is 3. The van der Waals surface area contributed by atoms with Crippen LogP contribution in [0.25, 0.3) is 0 Å². The maximum Gasteiger partial charge on any atom is 0.0620 e. The maximum atomic E-state index is 10.6. The molecule has 0 aromatic rings. The molecule has 0 bridgehead atoms. The zero-order chi connectivity index (χ0) is 16.2. The van der Waals surface area contributed by atoms with E-state index in [1.54, 1.807) is 0 Å². The Balaban J connectivity index is 1.77. The second-order valence-electron chi connectivity index (χ2n) is 9.70. The Hall–Kier alpha value is 0.270. The van der Waals surface area contributed by atoms with Gasteiger partial charge in [-0.05, 0) is 65.7 Å². The summed E-state index contributed by atoms with van der Waals surface area (Å²) in [6, 6.07) is 0. The number of aliphatic hydroxyl groups is 1. The zero-order valence-electron chi connectivity index (χ0n) is 15.0. The summed E-state index contributed by atoms with van der Waals surface area (Å²) in [6.07, 6.45) is 9.26. The van der Waals surface area contributed by atoms with E-state index < -0.39 is 5.60 Å². The van der Waals surface area contributed by atoms with Gasteiger partial charge < -0.3 is 5.11 Å². The topological polar surface area (TPSA) is 23.5 Å². The number of fused-ring (bicyclic) bond motifs is 1. The summed E-state index contributed by atoms with van der Waals surface area (Å²) in [4.78, 5) is 2.67. The van der Waals surface area contributed by atoms with E-state index in [0.717, 1.165) is 25.2 Å². The molecule has 4 unspecified atom stereocenters. The first-order valence-electron chi connectivity index (χ1n) is 9.28. The van der Waals surface area contributed by atoms with Crippen molar-refractivity contribution in [3.8, 4) is 0 Å². The van der Waals surface area contributed by atoms with Gasteiger partial charge in [-0.15, -0.1) is 0 Å². The number of thiol groups is 1. The van der Waals surface area contributed by atoms with Crippen LogP contribution in [0.15, 0.2) is 0 Å². The lowest BCUT2D eigenvalue weighted by Gasteiger charge is -2.41. The summed E-state index contributed by atoms with van der Waals surface area (Å²) in [5.41, 5.74) is 0.208. The predicted molar refractivity (Wildman–Crippen MR) is 96.5 cm³/mol. The third kappa shape index (κ3) is 2.98. The SMILES string of the molecule is CC1(O)CCCCCC(S)(C23CC2CN(C(C)(C)C)C3)CC1. The molecular formula is C19H35NOS. The van der Waals surface area contributed by atoms with E-state index in [1.807, 2.05) is 6.92 Å². The monoisotopic (exact) mass is 325 g/mol. The van der Waals surface area contributed by atoms with Gasteiger partial charge in [0.25, 0.3) is 0 Å². The second kappa shape index (κ2) is 5.39. The van der Waals surface area contributed by atoms with Crippen molar-refractivity contribution in [1.82, 2.24) is 4.90 Å². The Morgan fingerprint density at radius 2 is 1.73 bits per heavy atom. The molecule has 0 spiro atoms. The summed E-state index contributed by atoms with van der Waals surface area (Å²) >= 11 is 5.31. The summed E-state index contributed by atoms with van der Waals surface area (Å²) in [5.74, 6) is 0.843. The molecule has 3 fully saturated rings.